The number of amides is 1. The maximum absolute atomic E-state index is 12.7. The Morgan fingerprint density at radius 3 is 2.48 bits per heavy atom. The van der Waals surface area contributed by atoms with Gasteiger partial charge in [0.2, 0.25) is 0 Å². The maximum Gasteiger partial charge on any atom is 0.267 e. The summed E-state index contributed by atoms with van der Waals surface area (Å²) in [7, 11) is 0. The molecule has 2 aromatic carbocycles. The number of rotatable bonds is 4. The monoisotopic (exact) mass is 356 g/mol. The number of aromatic nitrogens is 2. The van der Waals surface area contributed by atoms with Crippen molar-refractivity contribution >= 4 is 17.8 Å². The third kappa shape index (κ3) is 4.13. The molecule has 3 aromatic rings. The average Bonchev–Trinajstić information content (AvgIpc) is 3.01. The lowest BCUT2D eigenvalue weighted by Crippen LogP contribution is -2.16. The van der Waals surface area contributed by atoms with Crippen molar-refractivity contribution in [2.24, 2.45) is 0 Å². The van der Waals surface area contributed by atoms with Crippen LogP contribution in [-0.4, -0.2) is 15.7 Å². The van der Waals surface area contributed by atoms with Gasteiger partial charge in [0.05, 0.1) is 11.4 Å². The van der Waals surface area contributed by atoms with E-state index in [1.54, 1.807) is 16.8 Å². The minimum absolute atomic E-state index is 0.0404. The molecule has 0 aliphatic carbocycles. The first-order valence-corrected chi connectivity index (χ1v) is 8.60. The second-order valence-corrected chi connectivity index (χ2v) is 6.40. The molecule has 1 heterocycles. The Balaban J connectivity index is 1.91. The topological polar surface area (TPSA) is 70.7 Å². The van der Waals surface area contributed by atoms with E-state index in [0.717, 1.165) is 28.1 Å². The molecule has 27 heavy (non-hydrogen) atoms. The molecule has 0 saturated heterocycles. The van der Waals surface area contributed by atoms with Crippen LogP contribution >= 0.6 is 0 Å². The third-order valence-electron chi connectivity index (χ3n) is 4.21. The van der Waals surface area contributed by atoms with Crippen molar-refractivity contribution in [3.8, 4) is 11.8 Å². The lowest BCUT2D eigenvalue weighted by atomic mass is 10.1. The van der Waals surface area contributed by atoms with E-state index in [4.69, 9.17) is 0 Å². The summed E-state index contributed by atoms with van der Waals surface area (Å²) in [6.07, 6.45) is 1.60. The van der Waals surface area contributed by atoms with Gasteiger partial charge in [-0.1, -0.05) is 42.0 Å². The Morgan fingerprint density at radius 2 is 1.81 bits per heavy atom. The van der Waals surface area contributed by atoms with E-state index >= 15 is 0 Å². The predicted molar refractivity (Wildman–Crippen MR) is 106 cm³/mol. The zero-order chi connectivity index (χ0) is 19.4. The van der Waals surface area contributed by atoms with E-state index in [1.165, 1.54) is 0 Å². The molecule has 5 nitrogen and oxygen atoms in total. The van der Waals surface area contributed by atoms with Crippen molar-refractivity contribution in [1.82, 2.24) is 9.78 Å². The van der Waals surface area contributed by atoms with Crippen molar-refractivity contribution in [3.05, 3.63) is 82.6 Å². The van der Waals surface area contributed by atoms with Gasteiger partial charge in [-0.3, -0.25) is 4.79 Å². The van der Waals surface area contributed by atoms with Gasteiger partial charge >= 0.3 is 0 Å². The molecule has 0 unspecified atom stereocenters. The van der Waals surface area contributed by atoms with Crippen LogP contribution in [0.5, 0.6) is 0 Å². The number of hydrogen-bond donors (Lipinski definition) is 1. The quantitative estimate of drug-likeness (QED) is 0.558. The number of benzene rings is 2. The molecule has 0 bridgehead atoms. The van der Waals surface area contributed by atoms with Crippen molar-refractivity contribution in [2.45, 2.75) is 20.8 Å². The van der Waals surface area contributed by atoms with Gasteiger partial charge in [0.25, 0.3) is 5.91 Å². The molecule has 1 aromatic heterocycles. The Morgan fingerprint density at radius 1 is 1.11 bits per heavy atom. The number of aryl methyl sites for hydroxylation is 3. The predicted octanol–water partition coefficient (Wildman–Crippen LogP) is 4.34. The van der Waals surface area contributed by atoms with Crippen LogP contribution in [0.2, 0.25) is 0 Å². The largest absolute Gasteiger partial charge is 0.306 e. The summed E-state index contributed by atoms with van der Waals surface area (Å²) < 4.78 is 1.66. The van der Waals surface area contributed by atoms with Crippen LogP contribution in [0.4, 0.5) is 5.82 Å². The highest BCUT2D eigenvalue weighted by atomic mass is 16.1. The van der Waals surface area contributed by atoms with Crippen LogP contribution < -0.4 is 5.32 Å². The fourth-order valence-electron chi connectivity index (χ4n) is 2.71. The lowest BCUT2D eigenvalue weighted by molar-refractivity contribution is -0.112. The zero-order valence-corrected chi connectivity index (χ0v) is 15.5. The van der Waals surface area contributed by atoms with Gasteiger partial charge in [0, 0.05) is 6.07 Å². The van der Waals surface area contributed by atoms with Crippen LogP contribution in [0, 0.1) is 32.1 Å². The molecule has 0 saturated carbocycles. The molecule has 0 aliphatic heterocycles. The van der Waals surface area contributed by atoms with Crippen molar-refractivity contribution in [3.63, 3.8) is 0 Å². The second kappa shape index (κ2) is 7.71. The molecule has 0 aliphatic rings. The van der Waals surface area contributed by atoms with Gasteiger partial charge in [-0.15, -0.1) is 0 Å². The van der Waals surface area contributed by atoms with E-state index in [2.05, 4.69) is 10.4 Å². The third-order valence-corrected chi connectivity index (χ3v) is 4.21. The molecular weight excluding hydrogens is 336 g/mol. The number of nitriles is 1. The highest BCUT2D eigenvalue weighted by Gasteiger charge is 2.15. The maximum atomic E-state index is 12.7. The van der Waals surface area contributed by atoms with E-state index in [0.29, 0.717) is 5.82 Å². The summed E-state index contributed by atoms with van der Waals surface area (Å²) in [6, 6.07) is 19.2. The highest BCUT2D eigenvalue weighted by Crippen LogP contribution is 2.19. The van der Waals surface area contributed by atoms with E-state index in [-0.39, 0.29) is 5.57 Å². The summed E-state index contributed by atoms with van der Waals surface area (Å²) in [4.78, 5) is 12.7. The zero-order valence-electron chi connectivity index (χ0n) is 15.5. The minimum Gasteiger partial charge on any atom is -0.306 e. The van der Waals surface area contributed by atoms with Crippen molar-refractivity contribution in [1.29, 1.82) is 5.26 Å². The average molecular weight is 356 g/mol. The van der Waals surface area contributed by atoms with E-state index in [1.807, 2.05) is 75.4 Å². The number of carbonyl (C=O) groups excluding carboxylic acids is 1. The fraction of sp³-hybridized carbons (Fsp3) is 0.136. The summed E-state index contributed by atoms with van der Waals surface area (Å²) in [5.41, 5.74) is 4.63. The summed E-state index contributed by atoms with van der Waals surface area (Å²) in [5.74, 6) is 0.0568. The molecule has 1 N–H and O–H groups in total. The number of nitrogens with zero attached hydrogens (tertiary/aromatic N) is 3. The SMILES string of the molecule is Cc1ccc(-n2nc(C)cc2NC(=O)/C(C#N)=C/c2ccccc2C)cc1. The van der Waals surface area contributed by atoms with E-state index in [9.17, 15) is 10.1 Å². The van der Waals surface area contributed by atoms with Crippen LogP contribution in [0.25, 0.3) is 11.8 Å². The van der Waals surface area contributed by atoms with Crippen LogP contribution in [0.15, 0.2) is 60.2 Å². The highest BCUT2D eigenvalue weighted by molar-refractivity contribution is 6.09. The first-order chi connectivity index (χ1) is 13.0. The van der Waals surface area contributed by atoms with Gasteiger partial charge in [0.15, 0.2) is 0 Å². The Labute approximate surface area is 158 Å². The standard InChI is InChI=1S/C22H20N4O/c1-15-8-10-20(11-9-15)26-21(12-17(3)25-26)24-22(27)19(14-23)13-18-7-5-4-6-16(18)2/h4-13H,1-3H3,(H,24,27)/b19-13+. The number of hydrogen-bond acceptors (Lipinski definition) is 3. The molecule has 0 radical (unpaired) electrons. The molecule has 1 amide bonds. The molecule has 5 heteroatoms. The van der Waals surface area contributed by atoms with E-state index < -0.39 is 5.91 Å². The molecule has 134 valence electrons. The molecular formula is C22H20N4O. The summed E-state index contributed by atoms with van der Waals surface area (Å²) >= 11 is 0. The number of carbonyl (C=O) groups is 1. The Hall–Kier alpha value is -3.65. The van der Waals surface area contributed by atoms with Gasteiger partial charge in [0.1, 0.15) is 17.5 Å². The van der Waals surface area contributed by atoms with Crippen molar-refractivity contribution < 1.29 is 4.79 Å². The van der Waals surface area contributed by atoms with Crippen LogP contribution in [0.3, 0.4) is 0 Å². The fourth-order valence-corrected chi connectivity index (χ4v) is 2.71. The molecule has 0 spiro atoms. The molecule has 0 atom stereocenters. The van der Waals surface area contributed by atoms with Gasteiger partial charge < -0.3 is 5.32 Å². The van der Waals surface area contributed by atoms with Gasteiger partial charge in [-0.25, -0.2) is 4.68 Å². The Kier molecular flexibility index (Phi) is 5.18. The summed E-state index contributed by atoms with van der Waals surface area (Å²) in [5, 5.41) is 16.7. The summed E-state index contributed by atoms with van der Waals surface area (Å²) in [6.45, 7) is 5.81. The number of nitrogens with one attached hydrogen (secondary N) is 1. The van der Waals surface area contributed by atoms with Crippen LogP contribution in [-0.2, 0) is 4.79 Å². The number of anilines is 1. The smallest absolute Gasteiger partial charge is 0.267 e. The first kappa shape index (κ1) is 18.2. The minimum atomic E-state index is -0.464. The van der Waals surface area contributed by atoms with Gasteiger partial charge in [-0.2, -0.15) is 10.4 Å². The molecule has 3 rings (SSSR count). The van der Waals surface area contributed by atoms with Crippen LogP contribution in [0.1, 0.15) is 22.4 Å². The first-order valence-electron chi connectivity index (χ1n) is 8.60. The molecule has 0 fully saturated rings. The van der Waals surface area contributed by atoms with Gasteiger partial charge in [-0.05, 0) is 50.1 Å². The van der Waals surface area contributed by atoms with Crippen molar-refractivity contribution in [2.75, 3.05) is 5.32 Å². The normalized spacial score (nSPS) is 11.1. The second-order valence-electron chi connectivity index (χ2n) is 6.40. The Bertz CT molecular complexity index is 1050. The lowest BCUT2D eigenvalue weighted by Gasteiger charge is -2.09.